The number of hydrogen-bond acceptors (Lipinski definition) is 3. The normalized spacial score (nSPS) is 18.2. The summed E-state index contributed by atoms with van der Waals surface area (Å²) in [4.78, 5) is 22.3. The van der Waals surface area contributed by atoms with Crippen molar-refractivity contribution in [3.63, 3.8) is 0 Å². The molecule has 6 nitrogen and oxygen atoms in total. The molecule has 1 rings (SSSR count). The van der Waals surface area contributed by atoms with Gasteiger partial charge in [-0.05, 0) is 26.2 Å². The van der Waals surface area contributed by atoms with Crippen LogP contribution in [0.5, 0.6) is 0 Å². The zero-order valence-corrected chi connectivity index (χ0v) is 10.3. The molecular weight excluding hydrogens is 224 g/mol. The van der Waals surface area contributed by atoms with Crippen LogP contribution in [0, 0.1) is 5.41 Å². The molecule has 1 atom stereocenters. The minimum Gasteiger partial charge on any atom is -0.481 e. The molecule has 0 saturated heterocycles. The van der Waals surface area contributed by atoms with Crippen molar-refractivity contribution in [1.82, 2.24) is 10.6 Å². The summed E-state index contributed by atoms with van der Waals surface area (Å²) in [6.45, 7) is 2.66. The lowest BCUT2D eigenvalue weighted by Gasteiger charge is -2.16. The van der Waals surface area contributed by atoms with Crippen molar-refractivity contribution in [2.75, 3.05) is 20.3 Å². The summed E-state index contributed by atoms with van der Waals surface area (Å²) in [5.74, 6) is -0.828. The Balaban J connectivity index is 2.19. The van der Waals surface area contributed by atoms with E-state index in [9.17, 15) is 9.59 Å². The van der Waals surface area contributed by atoms with E-state index < -0.39 is 11.4 Å². The third-order valence-corrected chi connectivity index (χ3v) is 3.03. The van der Waals surface area contributed by atoms with Crippen molar-refractivity contribution in [3.05, 3.63) is 0 Å². The van der Waals surface area contributed by atoms with E-state index in [2.05, 4.69) is 10.6 Å². The van der Waals surface area contributed by atoms with E-state index in [0.29, 0.717) is 19.4 Å². The molecule has 0 spiro atoms. The van der Waals surface area contributed by atoms with Crippen LogP contribution in [0.15, 0.2) is 0 Å². The van der Waals surface area contributed by atoms with Gasteiger partial charge in [0.1, 0.15) is 0 Å². The van der Waals surface area contributed by atoms with Crippen LogP contribution in [0.3, 0.4) is 0 Å². The van der Waals surface area contributed by atoms with E-state index in [0.717, 1.165) is 6.42 Å². The quantitative estimate of drug-likeness (QED) is 0.611. The average Bonchev–Trinajstić information content (AvgIpc) is 3.04. The molecule has 98 valence electrons. The molecule has 1 saturated carbocycles. The first-order valence-corrected chi connectivity index (χ1v) is 5.77. The van der Waals surface area contributed by atoms with Gasteiger partial charge in [0, 0.05) is 26.3 Å². The van der Waals surface area contributed by atoms with Gasteiger partial charge in [-0.3, -0.25) is 4.79 Å². The maximum Gasteiger partial charge on any atom is 0.315 e. The topological polar surface area (TPSA) is 87.7 Å². The summed E-state index contributed by atoms with van der Waals surface area (Å²) in [5, 5.41) is 14.3. The highest BCUT2D eigenvalue weighted by Gasteiger charge is 2.50. The van der Waals surface area contributed by atoms with Gasteiger partial charge in [-0.2, -0.15) is 0 Å². The van der Waals surface area contributed by atoms with Crippen molar-refractivity contribution in [2.45, 2.75) is 32.2 Å². The lowest BCUT2D eigenvalue weighted by molar-refractivity contribution is -0.143. The molecule has 1 aliphatic rings. The second-order valence-corrected chi connectivity index (χ2v) is 4.60. The summed E-state index contributed by atoms with van der Waals surface area (Å²) in [6.07, 6.45) is 2.01. The van der Waals surface area contributed by atoms with Gasteiger partial charge in [0.2, 0.25) is 0 Å². The molecule has 0 aromatic heterocycles. The molecule has 0 radical (unpaired) electrons. The predicted molar refractivity (Wildman–Crippen MR) is 61.8 cm³/mol. The molecule has 1 fully saturated rings. The van der Waals surface area contributed by atoms with Crippen LogP contribution < -0.4 is 10.6 Å². The molecule has 17 heavy (non-hydrogen) atoms. The van der Waals surface area contributed by atoms with Gasteiger partial charge in [0.25, 0.3) is 0 Å². The molecule has 1 aliphatic carbocycles. The predicted octanol–water partition coefficient (Wildman–Crippen LogP) is 0.575. The second kappa shape index (κ2) is 5.86. The van der Waals surface area contributed by atoms with Crippen LogP contribution in [0.1, 0.15) is 26.2 Å². The molecule has 6 heteroatoms. The van der Waals surface area contributed by atoms with Crippen LogP contribution in [-0.2, 0) is 9.53 Å². The summed E-state index contributed by atoms with van der Waals surface area (Å²) >= 11 is 0. The molecule has 0 aliphatic heterocycles. The highest BCUT2D eigenvalue weighted by molar-refractivity contribution is 5.80. The third-order valence-electron chi connectivity index (χ3n) is 3.03. The summed E-state index contributed by atoms with van der Waals surface area (Å²) in [7, 11) is 1.61. The number of carbonyl (C=O) groups is 2. The van der Waals surface area contributed by atoms with Gasteiger partial charge >= 0.3 is 12.0 Å². The van der Waals surface area contributed by atoms with Crippen molar-refractivity contribution in [1.29, 1.82) is 0 Å². The molecule has 3 N–H and O–H groups in total. The Morgan fingerprint density at radius 1 is 1.47 bits per heavy atom. The van der Waals surface area contributed by atoms with Gasteiger partial charge in [0.05, 0.1) is 5.41 Å². The first-order valence-electron chi connectivity index (χ1n) is 5.77. The Labute approximate surface area is 101 Å². The highest BCUT2D eigenvalue weighted by atomic mass is 16.5. The van der Waals surface area contributed by atoms with Crippen LogP contribution in [0.2, 0.25) is 0 Å². The van der Waals surface area contributed by atoms with E-state index in [-0.39, 0.29) is 18.6 Å². The van der Waals surface area contributed by atoms with Crippen molar-refractivity contribution in [2.24, 2.45) is 5.41 Å². The van der Waals surface area contributed by atoms with E-state index in [1.54, 1.807) is 7.11 Å². The maximum atomic E-state index is 11.5. The number of urea groups is 1. The second-order valence-electron chi connectivity index (χ2n) is 4.60. The smallest absolute Gasteiger partial charge is 0.315 e. The monoisotopic (exact) mass is 244 g/mol. The Kier molecular flexibility index (Phi) is 4.74. The number of hydrogen-bond donors (Lipinski definition) is 3. The first kappa shape index (κ1) is 13.8. The fourth-order valence-electron chi connectivity index (χ4n) is 1.51. The summed E-state index contributed by atoms with van der Waals surface area (Å²) in [5.41, 5.74) is -0.715. The van der Waals surface area contributed by atoms with Crippen molar-refractivity contribution in [3.8, 4) is 0 Å². The van der Waals surface area contributed by atoms with E-state index >= 15 is 0 Å². The maximum absolute atomic E-state index is 11.5. The van der Waals surface area contributed by atoms with Gasteiger partial charge in [0.15, 0.2) is 0 Å². The standard InChI is InChI=1S/C11H20N2O4/c1-8(3-6-17-2)13-10(16)12-7-11(4-5-11)9(14)15/h8H,3-7H2,1-2H3,(H,14,15)(H2,12,13,16). The van der Waals surface area contributed by atoms with E-state index in [1.165, 1.54) is 0 Å². The first-order chi connectivity index (χ1) is 8.00. The zero-order valence-electron chi connectivity index (χ0n) is 10.3. The largest absolute Gasteiger partial charge is 0.481 e. The number of carbonyl (C=O) groups excluding carboxylic acids is 1. The molecule has 2 amide bonds. The molecule has 0 heterocycles. The van der Waals surface area contributed by atoms with Gasteiger partial charge < -0.3 is 20.5 Å². The Morgan fingerprint density at radius 2 is 2.12 bits per heavy atom. The lowest BCUT2D eigenvalue weighted by atomic mass is 10.1. The van der Waals surface area contributed by atoms with Gasteiger partial charge in [-0.25, -0.2) is 4.79 Å². The van der Waals surface area contributed by atoms with Crippen LogP contribution >= 0.6 is 0 Å². The van der Waals surface area contributed by atoms with Crippen LogP contribution in [0.4, 0.5) is 4.79 Å². The number of amides is 2. The van der Waals surface area contributed by atoms with Crippen LogP contribution in [-0.4, -0.2) is 43.4 Å². The van der Waals surface area contributed by atoms with Crippen LogP contribution in [0.25, 0.3) is 0 Å². The summed E-state index contributed by atoms with van der Waals surface area (Å²) in [6, 6.07) is -0.309. The fourth-order valence-corrected chi connectivity index (χ4v) is 1.51. The molecular formula is C11H20N2O4. The third kappa shape index (κ3) is 4.22. The number of carboxylic acids is 1. The number of aliphatic carboxylic acids is 1. The number of carboxylic acid groups (broad SMARTS) is 1. The number of methoxy groups -OCH3 is 1. The summed E-state index contributed by atoms with van der Waals surface area (Å²) < 4.78 is 4.90. The number of rotatable bonds is 7. The lowest BCUT2D eigenvalue weighted by Crippen LogP contribution is -2.44. The Morgan fingerprint density at radius 3 is 2.59 bits per heavy atom. The van der Waals surface area contributed by atoms with Gasteiger partial charge in [-0.1, -0.05) is 0 Å². The number of ether oxygens (including phenoxy) is 1. The Bertz CT molecular complexity index is 289. The minimum absolute atomic E-state index is 0.00920. The molecule has 0 aromatic carbocycles. The molecule has 0 aromatic rings. The number of nitrogens with one attached hydrogen (secondary N) is 2. The van der Waals surface area contributed by atoms with Crippen molar-refractivity contribution < 1.29 is 19.4 Å². The highest BCUT2D eigenvalue weighted by Crippen LogP contribution is 2.45. The van der Waals surface area contributed by atoms with Crippen molar-refractivity contribution >= 4 is 12.0 Å². The SMILES string of the molecule is COCCC(C)NC(=O)NCC1(C(=O)O)CC1. The van der Waals surface area contributed by atoms with Gasteiger partial charge in [-0.15, -0.1) is 0 Å². The fraction of sp³-hybridized carbons (Fsp3) is 0.818. The minimum atomic E-state index is -0.828. The average molecular weight is 244 g/mol. The van der Waals surface area contributed by atoms with E-state index in [4.69, 9.17) is 9.84 Å². The van der Waals surface area contributed by atoms with E-state index in [1.807, 2.05) is 6.92 Å². The molecule has 0 bridgehead atoms. The Hall–Kier alpha value is -1.30. The molecule has 1 unspecified atom stereocenters. The zero-order chi connectivity index (χ0) is 12.9.